The van der Waals surface area contributed by atoms with Gasteiger partial charge in [-0.25, -0.2) is 0 Å². The molecule has 1 amide bonds. The summed E-state index contributed by atoms with van der Waals surface area (Å²) in [4.78, 5) is 31.0. The van der Waals surface area contributed by atoms with Crippen LogP contribution in [0, 0.1) is 6.92 Å². The Morgan fingerprint density at radius 2 is 2.17 bits per heavy atom. The number of aromatic amines is 1. The van der Waals surface area contributed by atoms with Crippen LogP contribution in [0.5, 0.6) is 0 Å². The molecule has 0 spiro atoms. The van der Waals surface area contributed by atoms with Crippen molar-refractivity contribution in [3.05, 3.63) is 43.9 Å². The molecule has 0 saturated heterocycles. The zero-order valence-corrected chi connectivity index (χ0v) is 14.8. The molecule has 2 aromatic heterocycles. The Labute approximate surface area is 144 Å². The maximum absolute atomic E-state index is 12.9. The van der Waals surface area contributed by atoms with E-state index in [0.717, 1.165) is 38.9 Å². The lowest BCUT2D eigenvalue weighted by Gasteiger charge is -2.20. The third-order valence-corrected chi connectivity index (χ3v) is 5.51. The number of ketones is 1. The molecule has 0 bridgehead atoms. The van der Waals surface area contributed by atoms with E-state index in [1.54, 1.807) is 4.90 Å². The second-order valence-corrected chi connectivity index (χ2v) is 7.58. The highest BCUT2D eigenvalue weighted by Crippen LogP contribution is 2.28. The number of H-pyrrole nitrogens is 1. The number of carbonyl (C=O) groups excluding carboxylic acids is 2. The number of amides is 1. The number of aromatic nitrogens is 1. The Hall–Kier alpha value is -1.59. The van der Waals surface area contributed by atoms with E-state index in [0.29, 0.717) is 25.2 Å². The molecule has 0 aromatic carbocycles. The summed E-state index contributed by atoms with van der Waals surface area (Å²) in [6.45, 7) is 4.95. The molecule has 122 valence electrons. The van der Waals surface area contributed by atoms with Crippen LogP contribution >= 0.6 is 22.9 Å². The monoisotopic (exact) mass is 350 g/mol. The predicted molar refractivity (Wildman–Crippen MR) is 92.5 cm³/mol. The number of nitrogens with zero attached hydrogens (tertiary/aromatic N) is 1. The van der Waals surface area contributed by atoms with Gasteiger partial charge < -0.3 is 9.88 Å². The van der Waals surface area contributed by atoms with Crippen LogP contribution in [-0.2, 0) is 13.0 Å². The first-order valence-electron chi connectivity index (χ1n) is 7.79. The zero-order valence-electron chi connectivity index (χ0n) is 13.2. The summed E-state index contributed by atoms with van der Waals surface area (Å²) in [5.74, 6) is 0.0869. The molecule has 23 heavy (non-hydrogen) atoms. The first-order chi connectivity index (χ1) is 11.0. The Bertz CT molecular complexity index is 763. The van der Waals surface area contributed by atoms with Crippen LogP contribution in [0.4, 0.5) is 0 Å². The fourth-order valence-electron chi connectivity index (χ4n) is 3.10. The SMILES string of the molecule is CCN(Cc1ccc(Cl)s1)C(=O)c1[nH]c2c(c1C)C(=O)CCC2. The summed E-state index contributed by atoms with van der Waals surface area (Å²) < 4.78 is 0.723. The van der Waals surface area contributed by atoms with Crippen LogP contribution in [0.15, 0.2) is 12.1 Å². The molecular weight excluding hydrogens is 332 g/mol. The number of thiophene rings is 1. The number of aryl methyl sites for hydroxylation is 1. The second kappa shape index (κ2) is 6.49. The van der Waals surface area contributed by atoms with E-state index in [4.69, 9.17) is 11.6 Å². The highest BCUT2D eigenvalue weighted by Gasteiger charge is 2.28. The molecule has 0 atom stereocenters. The largest absolute Gasteiger partial charge is 0.354 e. The number of carbonyl (C=O) groups is 2. The molecule has 0 radical (unpaired) electrons. The minimum absolute atomic E-state index is 0.0586. The van der Waals surface area contributed by atoms with Crippen LogP contribution in [0.3, 0.4) is 0 Å². The van der Waals surface area contributed by atoms with E-state index in [9.17, 15) is 9.59 Å². The van der Waals surface area contributed by atoms with Gasteiger partial charge in [0.25, 0.3) is 5.91 Å². The third-order valence-electron chi connectivity index (χ3n) is 4.30. The summed E-state index contributed by atoms with van der Waals surface area (Å²) >= 11 is 7.45. The van der Waals surface area contributed by atoms with Gasteiger partial charge in [-0.1, -0.05) is 11.6 Å². The zero-order chi connectivity index (χ0) is 16.6. The van der Waals surface area contributed by atoms with Crippen molar-refractivity contribution in [2.75, 3.05) is 6.54 Å². The molecule has 2 heterocycles. The average molecular weight is 351 g/mol. The smallest absolute Gasteiger partial charge is 0.270 e. The fraction of sp³-hybridized carbons (Fsp3) is 0.412. The van der Waals surface area contributed by atoms with Crippen LogP contribution in [0.25, 0.3) is 0 Å². The number of rotatable bonds is 4. The molecule has 0 fully saturated rings. The Morgan fingerprint density at radius 1 is 1.39 bits per heavy atom. The van der Waals surface area contributed by atoms with Gasteiger partial charge in [0, 0.05) is 29.1 Å². The van der Waals surface area contributed by atoms with Gasteiger partial charge in [-0.15, -0.1) is 11.3 Å². The number of hydrogen-bond donors (Lipinski definition) is 1. The maximum atomic E-state index is 12.9. The quantitative estimate of drug-likeness (QED) is 0.897. The molecule has 1 N–H and O–H groups in total. The summed E-state index contributed by atoms with van der Waals surface area (Å²) in [6.07, 6.45) is 2.26. The van der Waals surface area contributed by atoms with Gasteiger partial charge in [0.1, 0.15) is 5.69 Å². The van der Waals surface area contributed by atoms with Gasteiger partial charge >= 0.3 is 0 Å². The lowest BCUT2D eigenvalue weighted by atomic mass is 9.94. The van der Waals surface area contributed by atoms with Crippen molar-refractivity contribution >= 4 is 34.6 Å². The van der Waals surface area contributed by atoms with Crippen LogP contribution in [0.2, 0.25) is 4.34 Å². The normalized spacial score (nSPS) is 14.0. The number of Topliss-reactive ketones (excluding diaryl/α,β-unsaturated/α-hetero) is 1. The van der Waals surface area contributed by atoms with E-state index in [1.807, 2.05) is 26.0 Å². The summed E-state index contributed by atoms with van der Waals surface area (Å²) in [5.41, 5.74) is 2.99. The average Bonchev–Trinajstić information content (AvgIpc) is 3.08. The Morgan fingerprint density at radius 3 is 2.78 bits per heavy atom. The van der Waals surface area contributed by atoms with Crippen molar-refractivity contribution in [2.45, 2.75) is 39.7 Å². The molecule has 0 saturated carbocycles. The number of nitrogens with one attached hydrogen (secondary N) is 1. The molecule has 6 heteroatoms. The minimum Gasteiger partial charge on any atom is -0.354 e. The molecular formula is C17H19ClN2O2S. The van der Waals surface area contributed by atoms with Crippen LogP contribution < -0.4 is 0 Å². The van der Waals surface area contributed by atoms with Crippen molar-refractivity contribution in [3.63, 3.8) is 0 Å². The van der Waals surface area contributed by atoms with Gasteiger partial charge in [-0.3, -0.25) is 9.59 Å². The molecule has 0 unspecified atom stereocenters. The number of fused-ring (bicyclic) bond motifs is 1. The summed E-state index contributed by atoms with van der Waals surface area (Å²) in [7, 11) is 0. The lowest BCUT2D eigenvalue weighted by Crippen LogP contribution is -2.30. The highest BCUT2D eigenvalue weighted by molar-refractivity contribution is 7.16. The molecule has 1 aliphatic carbocycles. The summed E-state index contributed by atoms with van der Waals surface area (Å²) in [6, 6.07) is 3.79. The number of hydrogen-bond acceptors (Lipinski definition) is 3. The molecule has 4 nitrogen and oxygen atoms in total. The maximum Gasteiger partial charge on any atom is 0.270 e. The lowest BCUT2D eigenvalue weighted by molar-refractivity contribution is 0.0748. The standard InChI is InChI=1S/C17H19ClN2O2S/c1-3-20(9-11-7-8-14(18)23-11)17(22)16-10(2)15-12(19-16)5-4-6-13(15)21/h7-8,19H,3-6,9H2,1-2H3. The van der Waals surface area contributed by atoms with Crippen molar-refractivity contribution in [1.29, 1.82) is 0 Å². The molecule has 1 aliphatic rings. The van der Waals surface area contributed by atoms with E-state index >= 15 is 0 Å². The van der Waals surface area contributed by atoms with Gasteiger partial charge in [-0.05, 0) is 44.4 Å². The second-order valence-electron chi connectivity index (χ2n) is 5.78. The van der Waals surface area contributed by atoms with Crippen molar-refractivity contribution < 1.29 is 9.59 Å². The predicted octanol–water partition coefficient (Wildman–Crippen LogP) is 4.22. The first kappa shape index (κ1) is 16.3. The third kappa shape index (κ3) is 3.08. The van der Waals surface area contributed by atoms with Crippen LogP contribution in [0.1, 0.15) is 56.7 Å². The van der Waals surface area contributed by atoms with Gasteiger partial charge in [0.05, 0.1) is 10.9 Å². The van der Waals surface area contributed by atoms with Crippen molar-refractivity contribution in [3.8, 4) is 0 Å². The Kier molecular flexibility index (Phi) is 4.60. The summed E-state index contributed by atoms with van der Waals surface area (Å²) in [5, 5.41) is 0. The van der Waals surface area contributed by atoms with Gasteiger partial charge in [0.15, 0.2) is 5.78 Å². The minimum atomic E-state index is -0.0586. The van der Waals surface area contributed by atoms with E-state index < -0.39 is 0 Å². The molecule has 2 aromatic rings. The fourth-order valence-corrected chi connectivity index (χ4v) is 4.20. The van der Waals surface area contributed by atoms with Crippen molar-refractivity contribution in [2.24, 2.45) is 0 Å². The topological polar surface area (TPSA) is 53.2 Å². The van der Waals surface area contributed by atoms with Crippen molar-refractivity contribution in [1.82, 2.24) is 9.88 Å². The van der Waals surface area contributed by atoms with E-state index in [1.165, 1.54) is 11.3 Å². The molecule has 0 aliphatic heterocycles. The van der Waals surface area contributed by atoms with Gasteiger partial charge in [-0.2, -0.15) is 0 Å². The van der Waals surface area contributed by atoms with Crippen LogP contribution in [-0.4, -0.2) is 28.1 Å². The highest BCUT2D eigenvalue weighted by atomic mass is 35.5. The van der Waals surface area contributed by atoms with Gasteiger partial charge in [0.2, 0.25) is 0 Å². The Balaban J connectivity index is 1.88. The number of halogens is 1. The molecule has 3 rings (SSSR count). The first-order valence-corrected chi connectivity index (χ1v) is 8.98. The van der Waals surface area contributed by atoms with E-state index in [2.05, 4.69) is 4.98 Å². The van der Waals surface area contributed by atoms with E-state index in [-0.39, 0.29) is 11.7 Å².